The molecular weight excluding hydrogens is 347 g/mol. The van der Waals surface area contributed by atoms with Gasteiger partial charge in [-0.25, -0.2) is 0 Å². The highest BCUT2D eigenvalue weighted by atomic mass is 19.4. The quantitative estimate of drug-likeness (QED) is 0.807. The second-order valence-corrected chi connectivity index (χ2v) is 6.49. The number of likely N-dealkylation sites (N-methyl/N-ethyl adjacent to an activating group) is 1. The highest BCUT2D eigenvalue weighted by molar-refractivity contribution is 5.94. The number of piperidine rings is 1. The molecule has 2 amide bonds. The SMILES string of the molecule is CCNC(=O)CN1CCC[C@H](CNC(=O)c2cccc(C(F)(F)F)c2)C1. The Morgan fingerprint density at radius 2 is 2.04 bits per heavy atom. The van der Waals surface area contributed by atoms with E-state index in [1.165, 1.54) is 12.1 Å². The highest BCUT2D eigenvalue weighted by Gasteiger charge is 2.31. The molecule has 0 saturated carbocycles. The van der Waals surface area contributed by atoms with E-state index in [-0.39, 0.29) is 17.4 Å². The summed E-state index contributed by atoms with van der Waals surface area (Å²) in [7, 11) is 0. The minimum Gasteiger partial charge on any atom is -0.355 e. The van der Waals surface area contributed by atoms with E-state index in [0.29, 0.717) is 26.2 Å². The average Bonchev–Trinajstić information content (AvgIpc) is 2.59. The predicted molar refractivity (Wildman–Crippen MR) is 91.6 cm³/mol. The number of carbonyl (C=O) groups excluding carboxylic acids is 2. The summed E-state index contributed by atoms with van der Waals surface area (Å²) in [6.45, 7) is 4.66. The van der Waals surface area contributed by atoms with Crippen molar-refractivity contribution in [1.29, 1.82) is 0 Å². The molecule has 0 bridgehead atoms. The van der Waals surface area contributed by atoms with Crippen LogP contribution in [0.4, 0.5) is 13.2 Å². The highest BCUT2D eigenvalue weighted by Crippen LogP contribution is 2.29. The molecule has 144 valence electrons. The largest absolute Gasteiger partial charge is 0.416 e. The summed E-state index contributed by atoms with van der Waals surface area (Å²) in [4.78, 5) is 25.9. The predicted octanol–water partition coefficient (Wildman–Crippen LogP) is 2.28. The van der Waals surface area contributed by atoms with Crippen LogP contribution in [-0.4, -0.2) is 49.4 Å². The monoisotopic (exact) mass is 371 g/mol. The van der Waals surface area contributed by atoms with Crippen LogP contribution in [0.2, 0.25) is 0 Å². The third kappa shape index (κ3) is 6.01. The lowest BCUT2D eigenvalue weighted by Crippen LogP contribution is -2.45. The maximum atomic E-state index is 12.7. The van der Waals surface area contributed by atoms with Crippen molar-refractivity contribution in [3.63, 3.8) is 0 Å². The minimum absolute atomic E-state index is 0.00480. The molecule has 5 nitrogen and oxygen atoms in total. The van der Waals surface area contributed by atoms with Gasteiger partial charge in [0.05, 0.1) is 12.1 Å². The summed E-state index contributed by atoms with van der Waals surface area (Å²) in [5.41, 5.74) is -0.842. The van der Waals surface area contributed by atoms with Crippen molar-refractivity contribution in [1.82, 2.24) is 15.5 Å². The number of nitrogens with zero attached hydrogens (tertiary/aromatic N) is 1. The molecule has 0 aliphatic carbocycles. The molecule has 2 N–H and O–H groups in total. The van der Waals surface area contributed by atoms with Gasteiger partial charge in [-0.2, -0.15) is 13.2 Å². The zero-order chi connectivity index (χ0) is 19.2. The van der Waals surface area contributed by atoms with Crippen molar-refractivity contribution < 1.29 is 22.8 Å². The Morgan fingerprint density at radius 1 is 1.27 bits per heavy atom. The van der Waals surface area contributed by atoms with E-state index in [2.05, 4.69) is 10.6 Å². The van der Waals surface area contributed by atoms with Gasteiger partial charge in [-0.3, -0.25) is 14.5 Å². The van der Waals surface area contributed by atoms with Gasteiger partial charge in [-0.15, -0.1) is 0 Å². The van der Waals surface area contributed by atoms with Crippen molar-refractivity contribution in [3.05, 3.63) is 35.4 Å². The molecule has 26 heavy (non-hydrogen) atoms. The van der Waals surface area contributed by atoms with Gasteiger partial charge < -0.3 is 10.6 Å². The number of amides is 2. The van der Waals surface area contributed by atoms with Crippen LogP contribution in [0.3, 0.4) is 0 Å². The number of hydrogen-bond donors (Lipinski definition) is 2. The summed E-state index contributed by atoms with van der Waals surface area (Å²) in [6.07, 6.45) is -2.64. The van der Waals surface area contributed by atoms with Gasteiger partial charge >= 0.3 is 6.18 Å². The molecule has 1 aromatic carbocycles. The van der Waals surface area contributed by atoms with Crippen molar-refractivity contribution in [2.75, 3.05) is 32.7 Å². The van der Waals surface area contributed by atoms with Crippen LogP contribution in [0.1, 0.15) is 35.7 Å². The smallest absolute Gasteiger partial charge is 0.355 e. The molecule has 1 aromatic rings. The normalized spacial score (nSPS) is 18.4. The second-order valence-electron chi connectivity index (χ2n) is 6.49. The topological polar surface area (TPSA) is 61.4 Å². The molecule has 8 heteroatoms. The van der Waals surface area contributed by atoms with E-state index in [4.69, 9.17) is 0 Å². The number of nitrogens with one attached hydrogen (secondary N) is 2. The molecule has 0 spiro atoms. The number of rotatable bonds is 6. The lowest BCUT2D eigenvalue weighted by molar-refractivity contribution is -0.137. The number of carbonyl (C=O) groups is 2. The fourth-order valence-electron chi connectivity index (χ4n) is 3.09. The van der Waals surface area contributed by atoms with Gasteiger partial charge in [0.2, 0.25) is 5.91 Å². The molecular formula is C18H24F3N3O2. The van der Waals surface area contributed by atoms with E-state index >= 15 is 0 Å². The lowest BCUT2D eigenvalue weighted by Gasteiger charge is -2.32. The number of benzene rings is 1. The van der Waals surface area contributed by atoms with Crippen LogP contribution in [0.25, 0.3) is 0 Å². The Labute approximate surface area is 150 Å². The van der Waals surface area contributed by atoms with Gasteiger partial charge in [0.1, 0.15) is 0 Å². The third-order valence-electron chi connectivity index (χ3n) is 4.35. The van der Waals surface area contributed by atoms with Crippen LogP contribution < -0.4 is 10.6 Å². The van der Waals surface area contributed by atoms with Crippen molar-refractivity contribution in [2.45, 2.75) is 25.9 Å². The molecule has 1 fully saturated rings. The van der Waals surface area contributed by atoms with Crippen LogP contribution in [0, 0.1) is 5.92 Å². The van der Waals surface area contributed by atoms with Gasteiger partial charge in [0.25, 0.3) is 5.91 Å². The van der Waals surface area contributed by atoms with Crippen LogP contribution in [0.5, 0.6) is 0 Å². The van der Waals surface area contributed by atoms with Gasteiger partial charge in [-0.05, 0) is 50.4 Å². The number of likely N-dealkylation sites (tertiary alicyclic amines) is 1. The first-order chi connectivity index (χ1) is 12.3. The van der Waals surface area contributed by atoms with E-state index < -0.39 is 17.6 Å². The van der Waals surface area contributed by atoms with Crippen LogP contribution in [0.15, 0.2) is 24.3 Å². The average molecular weight is 371 g/mol. The fourth-order valence-corrected chi connectivity index (χ4v) is 3.09. The number of hydrogen-bond acceptors (Lipinski definition) is 3. The van der Waals surface area contributed by atoms with Crippen molar-refractivity contribution in [2.24, 2.45) is 5.92 Å². The number of halogens is 3. The summed E-state index contributed by atoms with van der Waals surface area (Å²) >= 11 is 0. The molecule has 0 aromatic heterocycles. The van der Waals surface area contributed by atoms with E-state index in [1.807, 2.05) is 11.8 Å². The van der Waals surface area contributed by atoms with Crippen molar-refractivity contribution >= 4 is 11.8 Å². The lowest BCUT2D eigenvalue weighted by atomic mass is 9.97. The Morgan fingerprint density at radius 3 is 2.73 bits per heavy atom. The van der Waals surface area contributed by atoms with Crippen molar-refractivity contribution in [3.8, 4) is 0 Å². The molecule has 0 radical (unpaired) electrons. The summed E-state index contributed by atoms with van der Waals surface area (Å²) in [6, 6.07) is 4.40. The fraction of sp³-hybridized carbons (Fsp3) is 0.556. The minimum atomic E-state index is -4.47. The zero-order valence-electron chi connectivity index (χ0n) is 14.7. The van der Waals surface area contributed by atoms with Crippen LogP contribution >= 0.6 is 0 Å². The first-order valence-corrected chi connectivity index (χ1v) is 8.74. The Bertz CT molecular complexity index is 634. The van der Waals surface area contributed by atoms with E-state index in [9.17, 15) is 22.8 Å². The van der Waals surface area contributed by atoms with Gasteiger partial charge in [0, 0.05) is 25.2 Å². The molecule has 1 aliphatic rings. The second kappa shape index (κ2) is 9.02. The van der Waals surface area contributed by atoms with Crippen LogP contribution in [-0.2, 0) is 11.0 Å². The summed E-state index contributed by atoms with van der Waals surface area (Å²) in [5, 5.41) is 5.47. The first kappa shape index (κ1) is 20.2. The third-order valence-corrected chi connectivity index (χ3v) is 4.35. The molecule has 2 rings (SSSR count). The maximum absolute atomic E-state index is 12.7. The molecule has 0 unspecified atom stereocenters. The molecule has 1 saturated heterocycles. The summed E-state index contributed by atoms with van der Waals surface area (Å²) in [5.74, 6) is -0.369. The zero-order valence-corrected chi connectivity index (χ0v) is 14.7. The standard InChI is InChI=1S/C18H24F3N3O2/c1-2-22-16(25)12-24-8-4-5-13(11-24)10-23-17(26)14-6-3-7-15(9-14)18(19,20)21/h3,6-7,9,13H,2,4-5,8,10-12H2,1H3,(H,22,25)(H,23,26)/t13-/m1/s1. The molecule has 1 aliphatic heterocycles. The Kier molecular flexibility index (Phi) is 7.02. The number of alkyl halides is 3. The van der Waals surface area contributed by atoms with Gasteiger partial charge in [0.15, 0.2) is 0 Å². The van der Waals surface area contributed by atoms with Gasteiger partial charge in [-0.1, -0.05) is 6.07 Å². The molecule has 1 atom stereocenters. The Balaban J connectivity index is 1.86. The maximum Gasteiger partial charge on any atom is 0.416 e. The molecule has 1 heterocycles. The van der Waals surface area contributed by atoms with E-state index in [0.717, 1.165) is 31.5 Å². The summed E-state index contributed by atoms with van der Waals surface area (Å²) < 4.78 is 38.2. The Hall–Kier alpha value is -2.09. The first-order valence-electron chi connectivity index (χ1n) is 8.74. The van der Waals surface area contributed by atoms with E-state index in [1.54, 1.807) is 0 Å².